The summed E-state index contributed by atoms with van der Waals surface area (Å²) in [7, 11) is 0. The molecule has 0 bridgehead atoms. The van der Waals surface area contributed by atoms with Gasteiger partial charge >= 0.3 is 5.97 Å². The van der Waals surface area contributed by atoms with Crippen LogP contribution in [0.25, 0.3) is 0 Å². The van der Waals surface area contributed by atoms with Crippen molar-refractivity contribution in [3.05, 3.63) is 33.8 Å². The Kier molecular flexibility index (Phi) is 3.41. The fourth-order valence-electron chi connectivity index (χ4n) is 1.06. The Morgan fingerprint density at radius 2 is 2.07 bits per heavy atom. The maximum Gasteiger partial charge on any atom is 0.335 e. The van der Waals surface area contributed by atoms with Crippen LogP contribution in [0.15, 0.2) is 22.7 Å². The average molecular weight is 257 g/mol. The van der Waals surface area contributed by atoms with Crippen LogP contribution in [-0.2, 0) is 0 Å². The molecular formula is C10H9BrO3. The maximum absolute atomic E-state index is 11.3. The second kappa shape index (κ2) is 4.37. The van der Waals surface area contributed by atoms with E-state index >= 15 is 0 Å². The molecule has 0 amide bonds. The molecule has 3 nitrogen and oxygen atoms in total. The second-order valence-electron chi connectivity index (χ2n) is 2.78. The van der Waals surface area contributed by atoms with Crippen molar-refractivity contribution in [2.24, 2.45) is 0 Å². The molecular weight excluding hydrogens is 248 g/mol. The van der Waals surface area contributed by atoms with Gasteiger partial charge in [0.2, 0.25) is 0 Å². The Bertz CT molecular complexity index is 385. The lowest BCUT2D eigenvalue weighted by Gasteiger charge is -2.02. The summed E-state index contributed by atoms with van der Waals surface area (Å²) in [5.41, 5.74) is 0.696. The van der Waals surface area contributed by atoms with E-state index in [-0.39, 0.29) is 11.3 Å². The van der Waals surface area contributed by atoms with Crippen LogP contribution in [0.1, 0.15) is 34.1 Å². The van der Waals surface area contributed by atoms with Crippen LogP contribution in [0.4, 0.5) is 0 Å². The molecule has 1 rings (SSSR count). The average Bonchev–Trinajstić information content (AvgIpc) is 2.16. The van der Waals surface area contributed by atoms with Crippen molar-refractivity contribution in [2.75, 3.05) is 0 Å². The van der Waals surface area contributed by atoms with Crippen molar-refractivity contribution >= 4 is 27.7 Å². The summed E-state index contributed by atoms with van der Waals surface area (Å²) in [6.07, 6.45) is 0.408. The highest BCUT2D eigenvalue weighted by Gasteiger charge is 2.10. The van der Waals surface area contributed by atoms with Crippen LogP contribution in [0.2, 0.25) is 0 Å². The predicted molar refractivity (Wildman–Crippen MR) is 55.7 cm³/mol. The number of hydrogen-bond donors (Lipinski definition) is 1. The number of carbonyl (C=O) groups is 2. The minimum atomic E-state index is -0.999. The molecule has 0 aromatic heterocycles. The summed E-state index contributed by atoms with van der Waals surface area (Å²) in [5.74, 6) is -1.00. The molecule has 0 saturated heterocycles. The fraction of sp³-hybridized carbons (Fsp3) is 0.200. The number of carboxylic acid groups (broad SMARTS) is 1. The highest BCUT2D eigenvalue weighted by atomic mass is 79.9. The molecule has 0 fully saturated rings. The number of hydrogen-bond acceptors (Lipinski definition) is 2. The topological polar surface area (TPSA) is 54.4 Å². The number of halogens is 1. The minimum Gasteiger partial charge on any atom is -0.478 e. The molecule has 0 spiro atoms. The zero-order valence-corrected chi connectivity index (χ0v) is 9.17. The monoisotopic (exact) mass is 256 g/mol. The Morgan fingerprint density at radius 3 is 2.50 bits per heavy atom. The Morgan fingerprint density at radius 1 is 1.43 bits per heavy atom. The van der Waals surface area contributed by atoms with Gasteiger partial charge in [-0.3, -0.25) is 4.79 Å². The number of aromatic carboxylic acids is 1. The summed E-state index contributed by atoms with van der Waals surface area (Å²) in [5, 5.41) is 8.69. The van der Waals surface area contributed by atoms with Gasteiger partial charge in [-0.1, -0.05) is 22.9 Å². The Labute approximate surface area is 89.9 Å². The Balaban J connectivity index is 3.14. The summed E-state index contributed by atoms with van der Waals surface area (Å²) >= 11 is 3.17. The molecule has 0 aliphatic carbocycles. The van der Waals surface area contributed by atoms with Gasteiger partial charge in [-0.05, 0) is 18.2 Å². The van der Waals surface area contributed by atoms with Crippen LogP contribution < -0.4 is 0 Å². The smallest absolute Gasteiger partial charge is 0.335 e. The zero-order valence-electron chi connectivity index (χ0n) is 7.58. The predicted octanol–water partition coefficient (Wildman–Crippen LogP) is 2.74. The highest BCUT2D eigenvalue weighted by Crippen LogP contribution is 2.20. The van der Waals surface area contributed by atoms with Gasteiger partial charge in [0.25, 0.3) is 0 Å². The summed E-state index contributed by atoms with van der Waals surface area (Å²) < 4.78 is 0.532. The molecule has 0 atom stereocenters. The van der Waals surface area contributed by atoms with Crippen molar-refractivity contribution < 1.29 is 14.7 Å². The van der Waals surface area contributed by atoms with Gasteiger partial charge in [-0.25, -0.2) is 4.79 Å². The van der Waals surface area contributed by atoms with Crippen LogP contribution in [0, 0.1) is 0 Å². The molecule has 1 N–H and O–H groups in total. The van der Waals surface area contributed by atoms with E-state index in [2.05, 4.69) is 15.9 Å². The van der Waals surface area contributed by atoms with Gasteiger partial charge in [0.15, 0.2) is 5.78 Å². The van der Waals surface area contributed by atoms with E-state index in [4.69, 9.17) is 5.11 Å². The van der Waals surface area contributed by atoms with E-state index in [1.165, 1.54) is 18.2 Å². The summed E-state index contributed by atoms with van der Waals surface area (Å²) in [6.45, 7) is 1.76. The number of carbonyl (C=O) groups excluding carboxylic acids is 1. The molecule has 0 heterocycles. The molecule has 1 aromatic rings. The summed E-state index contributed by atoms with van der Waals surface area (Å²) in [6, 6.07) is 4.39. The molecule has 0 aliphatic rings. The first-order chi connectivity index (χ1) is 6.56. The lowest BCUT2D eigenvalue weighted by Crippen LogP contribution is -2.01. The second-order valence-corrected chi connectivity index (χ2v) is 3.63. The lowest BCUT2D eigenvalue weighted by molar-refractivity contribution is 0.0696. The molecule has 0 unspecified atom stereocenters. The molecule has 1 aromatic carbocycles. The molecule has 0 aliphatic heterocycles. The van der Waals surface area contributed by atoms with Crippen LogP contribution in [0.3, 0.4) is 0 Å². The third-order valence-corrected chi connectivity index (χ3v) is 2.49. The molecule has 0 radical (unpaired) electrons. The lowest BCUT2D eigenvalue weighted by atomic mass is 10.1. The van der Waals surface area contributed by atoms with E-state index in [0.29, 0.717) is 16.5 Å². The fourth-order valence-corrected chi connectivity index (χ4v) is 1.66. The highest BCUT2D eigenvalue weighted by molar-refractivity contribution is 9.10. The largest absolute Gasteiger partial charge is 0.478 e. The zero-order chi connectivity index (χ0) is 10.7. The first-order valence-electron chi connectivity index (χ1n) is 4.12. The van der Waals surface area contributed by atoms with Crippen molar-refractivity contribution in [3.63, 3.8) is 0 Å². The van der Waals surface area contributed by atoms with Gasteiger partial charge < -0.3 is 5.11 Å². The van der Waals surface area contributed by atoms with Crippen molar-refractivity contribution in [3.8, 4) is 0 Å². The van der Waals surface area contributed by atoms with Crippen molar-refractivity contribution in [2.45, 2.75) is 13.3 Å². The third kappa shape index (κ3) is 2.20. The number of ketones is 1. The van der Waals surface area contributed by atoms with Gasteiger partial charge in [0, 0.05) is 16.5 Å². The third-order valence-electron chi connectivity index (χ3n) is 1.84. The van der Waals surface area contributed by atoms with Crippen molar-refractivity contribution in [1.82, 2.24) is 0 Å². The molecule has 74 valence electrons. The van der Waals surface area contributed by atoms with Crippen LogP contribution >= 0.6 is 15.9 Å². The van der Waals surface area contributed by atoms with Gasteiger partial charge in [-0.15, -0.1) is 0 Å². The van der Waals surface area contributed by atoms with Crippen molar-refractivity contribution in [1.29, 1.82) is 0 Å². The maximum atomic E-state index is 11.3. The molecule has 4 heteroatoms. The number of carboxylic acids is 1. The van der Waals surface area contributed by atoms with Gasteiger partial charge in [0.1, 0.15) is 0 Å². The van der Waals surface area contributed by atoms with Gasteiger partial charge in [0.05, 0.1) is 5.56 Å². The normalized spacial score (nSPS) is 9.86. The Hall–Kier alpha value is -1.16. The standard InChI is InChI=1S/C10H9BrO3/c1-2-9(12)7-4-3-6(10(13)14)5-8(7)11/h3-5H,2H2,1H3,(H,13,14). The first-order valence-corrected chi connectivity index (χ1v) is 4.91. The van der Waals surface area contributed by atoms with Crippen LogP contribution in [0.5, 0.6) is 0 Å². The first kappa shape index (κ1) is 10.9. The number of benzene rings is 1. The minimum absolute atomic E-state index is 0.00573. The van der Waals surface area contributed by atoms with E-state index in [1.807, 2.05) is 0 Å². The van der Waals surface area contributed by atoms with E-state index < -0.39 is 5.97 Å². The van der Waals surface area contributed by atoms with E-state index in [1.54, 1.807) is 6.92 Å². The number of rotatable bonds is 3. The quantitative estimate of drug-likeness (QED) is 0.847. The summed E-state index contributed by atoms with van der Waals surface area (Å²) in [4.78, 5) is 21.9. The van der Waals surface area contributed by atoms with Crippen LogP contribution in [-0.4, -0.2) is 16.9 Å². The van der Waals surface area contributed by atoms with E-state index in [9.17, 15) is 9.59 Å². The molecule has 14 heavy (non-hydrogen) atoms. The van der Waals surface area contributed by atoms with Gasteiger partial charge in [-0.2, -0.15) is 0 Å². The van der Waals surface area contributed by atoms with E-state index in [0.717, 1.165) is 0 Å². The number of Topliss-reactive ketones (excluding diaryl/α,β-unsaturated/α-hetero) is 1. The molecule has 0 saturated carbocycles. The SMILES string of the molecule is CCC(=O)c1ccc(C(=O)O)cc1Br.